The summed E-state index contributed by atoms with van der Waals surface area (Å²) in [5.41, 5.74) is 2.44. The summed E-state index contributed by atoms with van der Waals surface area (Å²) < 4.78 is 10.8. The van der Waals surface area contributed by atoms with Gasteiger partial charge in [-0.2, -0.15) is 0 Å². The van der Waals surface area contributed by atoms with E-state index >= 15 is 0 Å². The summed E-state index contributed by atoms with van der Waals surface area (Å²) in [6.45, 7) is 4.10. The van der Waals surface area contributed by atoms with Gasteiger partial charge in [0.05, 0.1) is 14.2 Å². The third-order valence-electron chi connectivity index (χ3n) is 4.25. The molecule has 0 amide bonds. The second kappa shape index (κ2) is 7.38. The zero-order valence-corrected chi connectivity index (χ0v) is 13.8. The molecule has 4 nitrogen and oxygen atoms in total. The van der Waals surface area contributed by atoms with Crippen molar-refractivity contribution in [1.82, 2.24) is 5.32 Å². The van der Waals surface area contributed by atoms with Crippen LogP contribution < -0.4 is 19.7 Å². The lowest BCUT2D eigenvalue weighted by atomic mass is 10.0. The molecular weight excluding hydrogens is 288 g/mol. The second-order valence-corrected chi connectivity index (χ2v) is 5.96. The molecule has 23 heavy (non-hydrogen) atoms. The van der Waals surface area contributed by atoms with Gasteiger partial charge >= 0.3 is 0 Å². The topological polar surface area (TPSA) is 33.7 Å². The molecule has 122 valence electrons. The second-order valence-electron chi connectivity index (χ2n) is 5.96. The highest BCUT2D eigenvalue weighted by molar-refractivity contribution is 5.48. The SMILES string of the molecule is COc1cc(CN(CC2CNC2)c2ccccc2)cc(OC)c1. The van der Waals surface area contributed by atoms with Gasteiger partial charge in [-0.1, -0.05) is 18.2 Å². The van der Waals surface area contributed by atoms with Crippen LogP contribution in [0.1, 0.15) is 5.56 Å². The van der Waals surface area contributed by atoms with E-state index in [1.54, 1.807) is 14.2 Å². The molecule has 1 fully saturated rings. The minimum atomic E-state index is 0.711. The van der Waals surface area contributed by atoms with Crippen LogP contribution in [0.25, 0.3) is 0 Å². The van der Waals surface area contributed by atoms with Crippen molar-refractivity contribution >= 4 is 5.69 Å². The molecule has 1 aliphatic heterocycles. The van der Waals surface area contributed by atoms with E-state index in [1.165, 1.54) is 11.3 Å². The van der Waals surface area contributed by atoms with Crippen LogP contribution in [-0.2, 0) is 6.54 Å². The van der Waals surface area contributed by atoms with E-state index in [9.17, 15) is 0 Å². The molecule has 0 spiro atoms. The van der Waals surface area contributed by atoms with Gasteiger partial charge in [0.15, 0.2) is 0 Å². The Labute approximate surface area is 138 Å². The van der Waals surface area contributed by atoms with Crippen LogP contribution in [0.5, 0.6) is 11.5 Å². The molecule has 1 aliphatic rings. The zero-order chi connectivity index (χ0) is 16.1. The quantitative estimate of drug-likeness (QED) is 0.852. The summed E-state index contributed by atoms with van der Waals surface area (Å²) >= 11 is 0. The maximum atomic E-state index is 5.39. The van der Waals surface area contributed by atoms with Gasteiger partial charge < -0.3 is 19.7 Å². The van der Waals surface area contributed by atoms with E-state index in [4.69, 9.17) is 9.47 Å². The number of para-hydroxylation sites is 1. The van der Waals surface area contributed by atoms with Gasteiger partial charge in [0, 0.05) is 43.9 Å². The maximum absolute atomic E-state index is 5.39. The largest absolute Gasteiger partial charge is 0.497 e. The Balaban J connectivity index is 1.82. The van der Waals surface area contributed by atoms with Gasteiger partial charge in [-0.3, -0.25) is 0 Å². The van der Waals surface area contributed by atoms with E-state index in [0.717, 1.165) is 37.7 Å². The Hall–Kier alpha value is -2.20. The highest BCUT2D eigenvalue weighted by atomic mass is 16.5. The number of anilines is 1. The van der Waals surface area contributed by atoms with Crippen molar-refractivity contribution < 1.29 is 9.47 Å². The summed E-state index contributed by atoms with van der Waals surface area (Å²) in [4.78, 5) is 2.43. The summed E-state index contributed by atoms with van der Waals surface area (Å²) in [5.74, 6) is 2.37. The first-order valence-electron chi connectivity index (χ1n) is 8.01. The number of rotatable bonds is 7. The minimum absolute atomic E-state index is 0.711. The van der Waals surface area contributed by atoms with Crippen LogP contribution in [0.15, 0.2) is 48.5 Å². The predicted molar refractivity (Wildman–Crippen MR) is 93.4 cm³/mol. The summed E-state index contributed by atoms with van der Waals surface area (Å²) in [6.07, 6.45) is 0. The molecule has 0 bridgehead atoms. The van der Waals surface area contributed by atoms with Crippen LogP contribution in [0.3, 0.4) is 0 Å². The van der Waals surface area contributed by atoms with Crippen molar-refractivity contribution in [3.05, 3.63) is 54.1 Å². The highest BCUT2D eigenvalue weighted by Gasteiger charge is 2.21. The molecule has 0 aliphatic carbocycles. The zero-order valence-electron chi connectivity index (χ0n) is 13.8. The molecular formula is C19H24N2O2. The van der Waals surface area contributed by atoms with Crippen molar-refractivity contribution in [2.45, 2.75) is 6.54 Å². The number of nitrogens with one attached hydrogen (secondary N) is 1. The molecule has 0 aromatic heterocycles. The average Bonchev–Trinajstić information content (AvgIpc) is 2.57. The predicted octanol–water partition coefficient (Wildman–Crippen LogP) is 2.93. The Kier molecular flexibility index (Phi) is 5.03. The van der Waals surface area contributed by atoms with E-state index in [1.807, 2.05) is 6.07 Å². The fourth-order valence-corrected chi connectivity index (χ4v) is 2.87. The summed E-state index contributed by atoms with van der Waals surface area (Å²) in [5, 5.41) is 3.35. The van der Waals surface area contributed by atoms with E-state index in [-0.39, 0.29) is 0 Å². The van der Waals surface area contributed by atoms with Crippen molar-refractivity contribution in [3.63, 3.8) is 0 Å². The lowest BCUT2D eigenvalue weighted by molar-refractivity contribution is 0.347. The number of benzene rings is 2. The first-order chi connectivity index (χ1) is 11.3. The molecule has 2 aromatic carbocycles. The molecule has 1 heterocycles. The van der Waals surface area contributed by atoms with Gasteiger partial charge in [0.25, 0.3) is 0 Å². The molecule has 0 unspecified atom stereocenters. The number of methoxy groups -OCH3 is 2. The molecule has 0 saturated carbocycles. The first kappa shape index (κ1) is 15.7. The van der Waals surface area contributed by atoms with Crippen LogP contribution >= 0.6 is 0 Å². The fraction of sp³-hybridized carbons (Fsp3) is 0.368. The molecule has 1 N–H and O–H groups in total. The normalized spacial score (nSPS) is 14.2. The number of hydrogen-bond donors (Lipinski definition) is 1. The van der Waals surface area contributed by atoms with E-state index in [2.05, 4.69) is 52.7 Å². The van der Waals surface area contributed by atoms with Crippen molar-refractivity contribution in [2.24, 2.45) is 5.92 Å². The van der Waals surface area contributed by atoms with E-state index < -0.39 is 0 Å². The van der Waals surface area contributed by atoms with Crippen molar-refractivity contribution in [3.8, 4) is 11.5 Å². The molecule has 0 atom stereocenters. The third-order valence-corrected chi connectivity index (χ3v) is 4.25. The monoisotopic (exact) mass is 312 g/mol. The standard InChI is InChI=1S/C19H24N2O2/c1-22-18-8-15(9-19(10-18)23-2)13-21(14-16-11-20-12-16)17-6-4-3-5-7-17/h3-10,16,20H,11-14H2,1-2H3. The Morgan fingerprint density at radius 1 is 1.00 bits per heavy atom. The molecule has 4 heteroatoms. The first-order valence-corrected chi connectivity index (χ1v) is 8.01. The van der Waals surface area contributed by atoms with Crippen LogP contribution in [0, 0.1) is 5.92 Å². The van der Waals surface area contributed by atoms with Gasteiger partial charge in [-0.15, -0.1) is 0 Å². The van der Waals surface area contributed by atoms with E-state index in [0.29, 0.717) is 5.92 Å². The van der Waals surface area contributed by atoms with Gasteiger partial charge in [-0.25, -0.2) is 0 Å². The molecule has 0 radical (unpaired) electrons. The maximum Gasteiger partial charge on any atom is 0.122 e. The Morgan fingerprint density at radius 2 is 1.65 bits per heavy atom. The average molecular weight is 312 g/mol. The highest BCUT2D eigenvalue weighted by Crippen LogP contribution is 2.26. The number of hydrogen-bond acceptors (Lipinski definition) is 4. The van der Waals surface area contributed by atoms with Crippen LogP contribution in [0.4, 0.5) is 5.69 Å². The lowest BCUT2D eigenvalue weighted by Crippen LogP contribution is -2.48. The number of ether oxygens (including phenoxy) is 2. The smallest absolute Gasteiger partial charge is 0.122 e. The molecule has 1 saturated heterocycles. The Morgan fingerprint density at radius 3 is 2.17 bits per heavy atom. The van der Waals surface area contributed by atoms with Crippen LogP contribution in [0.2, 0.25) is 0 Å². The van der Waals surface area contributed by atoms with Crippen molar-refractivity contribution in [1.29, 1.82) is 0 Å². The van der Waals surface area contributed by atoms with Gasteiger partial charge in [0.2, 0.25) is 0 Å². The molecule has 3 rings (SSSR count). The van der Waals surface area contributed by atoms with Crippen LogP contribution in [-0.4, -0.2) is 33.9 Å². The minimum Gasteiger partial charge on any atom is -0.497 e. The lowest BCUT2D eigenvalue weighted by Gasteiger charge is -2.34. The summed E-state index contributed by atoms with van der Waals surface area (Å²) in [7, 11) is 3.38. The Bertz CT molecular complexity index is 604. The van der Waals surface area contributed by atoms with Crippen molar-refractivity contribution in [2.75, 3.05) is 38.8 Å². The summed E-state index contributed by atoms with van der Waals surface area (Å²) in [6, 6.07) is 16.6. The van der Waals surface area contributed by atoms with Gasteiger partial charge in [0.1, 0.15) is 11.5 Å². The fourth-order valence-electron chi connectivity index (χ4n) is 2.87. The molecule has 2 aromatic rings. The third kappa shape index (κ3) is 3.96. The van der Waals surface area contributed by atoms with Gasteiger partial charge in [-0.05, 0) is 29.8 Å². The number of nitrogens with zero attached hydrogens (tertiary/aromatic N) is 1.